The molecule has 0 aromatic heterocycles. The van der Waals surface area contributed by atoms with E-state index in [2.05, 4.69) is 13.2 Å². The average molecular weight is 275 g/mol. The first-order valence-corrected chi connectivity index (χ1v) is 6.00. The standard InChI is InChI=1S/C13H11NO4.C2H6/c1-3-5-10(4-2)13(15)18-12-8-6-11(7-9-12)14(16)17;1-2/h3-9H,1-2H2;1-2H3/b10-5+;. The number of carbonyl (C=O) groups is 1. The van der Waals surface area contributed by atoms with Gasteiger partial charge in [0.05, 0.1) is 10.5 Å². The van der Waals surface area contributed by atoms with Crippen LogP contribution in [0.3, 0.4) is 0 Å². The third-order valence-electron chi connectivity index (χ3n) is 2.01. The second-order valence-electron chi connectivity index (χ2n) is 3.20. The van der Waals surface area contributed by atoms with E-state index in [9.17, 15) is 14.9 Å². The number of nitro groups is 1. The lowest BCUT2D eigenvalue weighted by molar-refractivity contribution is -0.384. The molecule has 5 nitrogen and oxygen atoms in total. The van der Waals surface area contributed by atoms with Gasteiger partial charge in [0.25, 0.3) is 5.69 Å². The van der Waals surface area contributed by atoms with Crippen molar-refractivity contribution in [1.29, 1.82) is 0 Å². The highest BCUT2D eigenvalue weighted by Gasteiger charge is 2.10. The molecule has 5 heteroatoms. The molecule has 1 rings (SSSR count). The van der Waals surface area contributed by atoms with Crippen LogP contribution in [0.5, 0.6) is 5.75 Å². The summed E-state index contributed by atoms with van der Waals surface area (Å²) in [6.45, 7) is 10.9. The van der Waals surface area contributed by atoms with Crippen LogP contribution in [0.4, 0.5) is 5.69 Å². The Morgan fingerprint density at radius 1 is 1.25 bits per heavy atom. The fourth-order valence-electron chi connectivity index (χ4n) is 1.15. The van der Waals surface area contributed by atoms with Gasteiger partial charge in [-0.1, -0.05) is 39.2 Å². The number of nitrogens with zero attached hydrogens (tertiary/aromatic N) is 1. The first kappa shape index (κ1) is 17.3. The summed E-state index contributed by atoms with van der Waals surface area (Å²) in [7, 11) is 0. The molecule has 106 valence electrons. The van der Waals surface area contributed by atoms with E-state index in [1.807, 2.05) is 13.8 Å². The first-order chi connectivity index (χ1) is 9.58. The third-order valence-corrected chi connectivity index (χ3v) is 2.01. The van der Waals surface area contributed by atoms with Gasteiger partial charge in [0.15, 0.2) is 0 Å². The second-order valence-corrected chi connectivity index (χ2v) is 3.20. The fourth-order valence-corrected chi connectivity index (χ4v) is 1.15. The minimum Gasteiger partial charge on any atom is -0.423 e. The number of hydrogen-bond acceptors (Lipinski definition) is 4. The molecule has 0 saturated heterocycles. The molecule has 0 aliphatic rings. The molecular weight excluding hydrogens is 258 g/mol. The van der Waals surface area contributed by atoms with Gasteiger partial charge in [-0.15, -0.1) is 0 Å². The number of ether oxygens (including phenoxy) is 1. The van der Waals surface area contributed by atoms with Gasteiger partial charge in [0.2, 0.25) is 0 Å². The Morgan fingerprint density at radius 2 is 1.80 bits per heavy atom. The van der Waals surface area contributed by atoms with E-state index in [4.69, 9.17) is 4.74 Å². The van der Waals surface area contributed by atoms with E-state index >= 15 is 0 Å². The number of hydrogen-bond donors (Lipinski definition) is 0. The number of esters is 1. The van der Waals surface area contributed by atoms with E-state index in [-0.39, 0.29) is 17.0 Å². The monoisotopic (exact) mass is 275 g/mol. The largest absolute Gasteiger partial charge is 0.423 e. The van der Waals surface area contributed by atoms with E-state index < -0.39 is 10.9 Å². The summed E-state index contributed by atoms with van der Waals surface area (Å²) >= 11 is 0. The van der Waals surface area contributed by atoms with E-state index in [0.717, 1.165) is 0 Å². The molecule has 0 aliphatic heterocycles. The lowest BCUT2D eigenvalue weighted by Gasteiger charge is -2.03. The van der Waals surface area contributed by atoms with Gasteiger partial charge in [-0.05, 0) is 18.2 Å². The van der Waals surface area contributed by atoms with Crippen molar-refractivity contribution in [2.45, 2.75) is 13.8 Å². The number of non-ortho nitro benzene ring substituents is 1. The molecule has 1 aromatic carbocycles. The van der Waals surface area contributed by atoms with Crippen molar-refractivity contribution in [2.24, 2.45) is 0 Å². The molecular formula is C15H17NO4. The van der Waals surface area contributed by atoms with Gasteiger partial charge in [-0.25, -0.2) is 4.79 Å². The van der Waals surface area contributed by atoms with Gasteiger partial charge in [-0.3, -0.25) is 10.1 Å². The molecule has 20 heavy (non-hydrogen) atoms. The van der Waals surface area contributed by atoms with Crippen LogP contribution in [0.2, 0.25) is 0 Å². The molecule has 1 aromatic rings. The number of allylic oxidation sites excluding steroid dienone is 2. The lowest BCUT2D eigenvalue weighted by atomic mass is 10.2. The van der Waals surface area contributed by atoms with Gasteiger partial charge in [0.1, 0.15) is 5.75 Å². The summed E-state index contributed by atoms with van der Waals surface area (Å²) in [5.74, 6) is -0.374. The van der Waals surface area contributed by atoms with E-state index in [1.165, 1.54) is 42.5 Å². The summed E-state index contributed by atoms with van der Waals surface area (Å²) in [5, 5.41) is 10.4. The van der Waals surface area contributed by atoms with Crippen molar-refractivity contribution >= 4 is 11.7 Å². The maximum Gasteiger partial charge on any atom is 0.343 e. The average Bonchev–Trinajstić information content (AvgIpc) is 2.47. The molecule has 0 aliphatic carbocycles. The molecule has 0 heterocycles. The van der Waals surface area contributed by atoms with Crippen molar-refractivity contribution in [3.8, 4) is 5.75 Å². The number of rotatable bonds is 5. The summed E-state index contributed by atoms with van der Waals surface area (Å²) in [6.07, 6.45) is 4.24. The second kappa shape index (κ2) is 9.27. The molecule has 0 saturated carbocycles. The zero-order valence-electron chi connectivity index (χ0n) is 11.5. The molecule has 0 radical (unpaired) electrons. The summed E-state index contributed by atoms with van der Waals surface area (Å²) < 4.78 is 5.01. The molecule has 0 fully saturated rings. The Morgan fingerprint density at radius 3 is 2.20 bits per heavy atom. The Balaban J connectivity index is 0.00000172. The quantitative estimate of drug-likeness (QED) is 0.204. The van der Waals surface area contributed by atoms with Crippen molar-refractivity contribution < 1.29 is 14.5 Å². The van der Waals surface area contributed by atoms with Crippen LogP contribution in [0.25, 0.3) is 0 Å². The number of benzene rings is 1. The van der Waals surface area contributed by atoms with Gasteiger partial charge in [0, 0.05) is 12.1 Å². The van der Waals surface area contributed by atoms with Gasteiger partial charge >= 0.3 is 5.97 Å². The van der Waals surface area contributed by atoms with Crippen LogP contribution in [0, 0.1) is 10.1 Å². The fraction of sp³-hybridized carbons (Fsp3) is 0.133. The van der Waals surface area contributed by atoms with Crippen LogP contribution in [0.1, 0.15) is 13.8 Å². The molecule has 0 N–H and O–H groups in total. The van der Waals surface area contributed by atoms with Crippen molar-refractivity contribution in [1.82, 2.24) is 0 Å². The van der Waals surface area contributed by atoms with Crippen LogP contribution in [0.15, 0.2) is 61.2 Å². The number of carbonyl (C=O) groups excluding carboxylic acids is 1. The molecule has 0 amide bonds. The normalized spacial score (nSPS) is 9.80. The third kappa shape index (κ3) is 5.30. The molecule has 0 atom stereocenters. The predicted octanol–water partition coefficient (Wildman–Crippen LogP) is 3.82. The maximum absolute atomic E-state index is 11.6. The number of nitro benzene ring substituents is 1. The van der Waals surface area contributed by atoms with Crippen molar-refractivity contribution in [3.63, 3.8) is 0 Å². The zero-order valence-corrected chi connectivity index (χ0v) is 11.5. The first-order valence-electron chi connectivity index (χ1n) is 6.00. The highest BCUT2D eigenvalue weighted by molar-refractivity contribution is 5.93. The highest BCUT2D eigenvalue weighted by atomic mass is 16.6. The SMILES string of the molecule is C=C/C=C(\C=C)C(=O)Oc1ccc([N+](=O)[O-])cc1.CC. The lowest BCUT2D eigenvalue weighted by Crippen LogP contribution is -2.09. The van der Waals surface area contributed by atoms with E-state index in [1.54, 1.807) is 0 Å². The minimum absolute atomic E-state index is 0.0691. The molecule has 0 unspecified atom stereocenters. The summed E-state index contributed by atoms with van der Waals surface area (Å²) in [5.41, 5.74) is 0.184. The Bertz CT molecular complexity index is 515. The Hall–Kier alpha value is -2.69. The maximum atomic E-state index is 11.6. The zero-order chi connectivity index (χ0) is 15.5. The molecule has 0 spiro atoms. The van der Waals surface area contributed by atoms with E-state index in [0.29, 0.717) is 0 Å². The van der Waals surface area contributed by atoms with Gasteiger partial charge in [-0.2, -0.15) is 0 Å². The minimum atomic E-state index is -0.598. The van der Waals surface area contributed by atoms with Crippen LogP contribution >= 0.6 is 0 Å². The Kier molecular flexibility index (Phi) is 8.02. The van der Waals surface area contributed by atoms with Crippen LogP contribution in [-0.4, -0.2) is 10.9 Å². The van der Waals surface area contributed by atoms with Crippen LogP contribution < -0.4 is 4.74 Å². The van der Waals surface area contributed by atoms with Crippen molar-refractivity contribution in [2.75, 3.05) is 0 Å². The summed E-state index contributed by atoms with van der Waals surface area (Å²) in [4.78, 5) is 21.5. The summed E-state index contributed by atoms with van der Waals surface area (Å²) in [6, 6.07) is 5.22. The van der Waals surface area contributed by atoms with Crippen molar-refractivity contribution in [3.05, 3.63) is 71.3 Å². The predicted molar refractivity (Wildman–Crippen MR) is 78.6 cm³/mol. The smallest absolute Gasteiger partial charge is 0.343 e. The highest BCUT2D eigenvalue weighted by Crippen LogP contribution is 2.18. The van der Waals surface area contributed by atoms with Crippen LogP contribution in [-0.2, 0) is 4.79 Å². The Labute approximate surface area is 118 Å². The van der Waals surface area contributed by atoms with Gasteiger partial charge < -0.3 is 4.74 Å². The molecule has 0 bridgehead atoms. The topological polar surface area (TPSA) is 69.4 Å².